The maximum Gasteiger partial charge on any atom is 0.136 e. The highest BCUT2D eigenvalue weighted by Crippen LogP contribution is 2.55. The van der Waals surface area contributed by atoms with Crippen LogP contribution in [-0.2, 0) is 11.8 Å². The number of benzene rings is 2. The van der Waals surface area contributed by atoms with Gasteiger partial charge in [-0.05, 0) is 84.4 Å². The third-order valence-corrected chi connectivity index (χ3v) is 9.96. The summed E-state index contributed by atoms with van der Waals surface area (Å²) in [4.78, 5) is 10.0. The second-order valence-electron chi connectivity index (χ2n) is 13.1. The van der Waals surface area contributed by atoms with Crippen LogP contribution in [0.15, 0.2) is 57.9 Å². The minimum Gasteiger partial charge on any atom is -0.464 e. The first-order valence-corrected chi connectivity index (χ1v) is 14.8. The number of furan rings is 1. The quantitative estimate of drug-likeness (QED) is 0.384. The molecule has 0 spiro atoms. The van der Waals surface area contributed by atoms with E-state index in [9.17, 15) is 0 Å². The fraction of sp³-hybridized carbons (Fsp3) is 0.441. The Morgan fingerprint density at radius 1 is 1.08 bits per heavy atom. The number of nitrogens with zero attached hydrogens (tertiary/aromatic N) is 3. The summed E-state index contributed by atoms with van der Waals surface area (Å²) in [7, 11) is 0. The van der Waals surface area contributed by atoms with E-state index in [1.165, 1.54) is 56.7 Å². The Balaban J connectivity index is 1.43. The van der Waals surface area contributed by atoms with Gasteiger partial charge in [0.05, 0.1) is 23.8 Å². The summed E-state index contributed by atoms with van der Waals surface area (Å²) in [5.41, 5.74) is 13.6. The number of dihydropyridines is 1. The number of rotatable bonds is 2. The predicted molar refractivity (Wildman–Crippen MR) is 161 cm³/mol. The fourth-order valence-corrected chi connectivity index (χ4v) is 7.88. The Labute approximate surface area is 231 Å². The van der Waals surface area contributed by atoms with Crippen LogP contribution in [-0.4, -0.2) is 36.4 Å². The maximum absolute atomic E-state index is 5.99. The molecule has 4 aliphatic heterocycles. The molecule has 0 bridgehead atoms. The molecule has 5 nitrogen and oxygen atoms in total. The smallest absolute Gasteiger partial charge is 0.136 e. The van der Waals surface area contributed by atoms with Crippen LogP contribution < -0.4 is 10.2 Å². The van der Waals surface area contributed by atoms with Crippen LogP contribution in [0, 0.1) is 5.92 Å². The molecule has 3 aromatic rings. The molecule has 0 radical (unpaired) electrons. The first-order valence-electron chi connectivity index (χ1n) is 14.8. The first-order chi connectivity index (χ1) is 18.9. The van der Waals surface area contributed by atoms with Crippen molar-refractivity contribution in [2.24, 2.45) is 10.9 Å². The van der Waals surface area contributed by atoms with Gasteiger partial charge in [0, 0.05) is 59.3 Å². The van der Waals surface area contributed by atoms with Gasteiger partial charge in [-0.25, -0.2) is 0 Å². The lowest BCUT2D eigenvalue weighted by Crippen LogP contribution is -2.39. The van der Waals surface area contributed by atoms with Gasteiger partial charge in [-0.3, -0.25) is 10.3 Å². The topological polar surface area (TPSA) is 44.0 Å². The number of allylic oxidation sites excluding steroid dienone is 2. The summed E-state index contributed by atoms with van der Waals surface area (Å²) in [6.45, 7) is 11.5. The molecule has 1 fully saturated rings. The van der Waals surface area contributed by atoms with Crippen molar-refractivity contribution in [2.75, 3.05) is 18.0 Å². The van der Waals surface area contributed by atoms with Crippen molar-refractivity contribution in [3.63, 3.8) is 0 Å². The molecule has 0 saturated carbocycles. The Bertz CT molecular complexity index is 1600. The molecule has 5 heterocycles. The van der Waals surface area contributed by atoms with E-state index in [4.69, 9.17) is 9.41 Å². The minimum absolute atomic E-state index is 0.149. The standard InChI is InChI=1S/C34H38N4O/c1-20(2)27-19-37-18-22(6-10-30(37)36-27)38-28-8-5-21-11-14-34(3,4)32(21)31(28)23-12-15-35-17-26(23)24-7-9-29-25(33(24)38)13-16-39-29/h5,7-9,13,16-18,20,27,30,36H,6,10-12,14-15,19H2,1-4H3. The van der Waals surface area contributed by atoms with Gasteiger partial charge in [0.25, 0.3) is 0 Å². The van der Waals surface area contributed by atoms with Gasteiger partial charge in [-0.2, -0.15) is 0 Å². The zero-order valence-electron chi connectivity index (χ0n) is 23.6. The zero-order valence-corrected chi connectivity index (χ0v) is 23.6. The van der Waals surface area contributed by atoms with Crippen LogP contribution in [0.3, 0.4) is 0 Å². The van der Waals surface area contributed by atoms with Crippen LogP contribution >= 0.6 is 0 Å². The second kappa shape index (κ2) is 8.34. The van der Waals surface area contributed by atoms with Crippen LogP contribution in [0.5, 0.6) is 0 Å². The summed E-state index contributed by atoms with van der Waals surface area (Å²) in [6.07, 6.45) is 12.4. The maximum atomic E-state index is 5.99. The molecule has 5 heteroatoms. The third kappa shape index (κ3) is 3.38. The lowest BCUT2D eigenvalue weighted by atomic mass is 9.79. The summed E-state index contributed by atoms with van der Waals surface area (Å²) in [5, 5.41) is 5.07. The number of nitrogens with one attached hydrogen (secondary N) is 1. The van der Waals surface area contributed by atoms with Gasteiger partial charge < -0.3 is 14.2 Å². The van der Waals surface area contributed by atoms with E-state index >= 15 is 0 Å². The summed E-state index contributed by atoms with van der Waals surface area (Å²) in [5.74, 6) is 0.623. The van der Waals surface area contributed by atoms with E-state index < -0.39 is 0 Å². The molecular weight excluding hydrogens is 480 g/mol. The number of hydrogen-bond acceptors (Lipinski definition) is 5. The summed E-state index contributed by atoms with van der Waals surface area (Å²) < 4.78 is 5.99. The molecule has 2 atom stereocenters. The molecular formula is C34H38N4O. The number of aliphatic imine (C=N–C) groups is 1. The molecule has 200 valence electrons. The van der Waals surface area contributed by atoms with E-state index in [0.29, 0.717) is 18.1 Å². The van der Waals surface area contributed by atoms with Gasteiger partial charge >= 0.3 is 0 Å². The lowest BCUT2D eigenvalue weighted by Gasteiger charge is -2.37. The largest absolute Gasteiger partial charge is 0.464 e. The van der Waals surface area contributed by atoms with Crippen molar-refractivity contribution in [2.45, 2.75) is 77.4 Å². The minimum atomic E-state index is 0.149. The highest BCUT2D eigenvalue weighted by Gasteiger charge is 2.41. The van der Waals surface area contributed by atoms with E-state index in [2.05, 4.69) is 85.6 Å². The van der Waals surface area contributed by atoms with Gasteiger partial charge in [0.1, 0.15) is 5.58 Å². The monoisotopic (exact) mass is 518 g/mol. The normalized spacial score (nSPS) is 24.9. The van der Waals surface area contributed by atoms with Crippen molar-refractivity contribution >= 4 is 39.7 Å². The number of hydrogen-bond donors (Lipinski definition) is 1. The Morgan fingerprint density at radius 3 is 2.85 bits per heavy atom. The number of fused-ring (bicyclic) bond motifs is 9. The summed E-state index contributed by atoms with van der Waals surface area (Å²) >= 11 is 0. The van der Waals surface area contributed by atoms with Gasteiger partial charge in [-0.1, -0.05) is 33.8 Å². The third-order valence-electron chi connectivity index (χ3n) is 9.96. The Hall–Kier alpha value is -3.31. The van der Waals surface area contributed by atoms with Crippen molar-refractivity contribution in [3.05, 3.63) is 70.7 Å². The van der Waals surface area contributed by atoms with Crippen molar-refractivity contribution in [1.29, 1.82) is 0 Å². The Morgan fingerprint density at radius 2 is 1.97 bits per heavy atom. The van der Waals surface area contributed by atoms with E-state index in [0.717, 1.165) is 44.4 Å². The van der Waals surface area contributed by atoms with E-state index in [-0.39, 0.29) is 5.41 Å². The highest BCUT2D eigenvalue weighted by atomic mass is 16.3. The molecule has 1 saturated heterocycles. The zero-order chi connectivity index (χ0) is 26.5. The second-order valence-corrected chi connectivity index (χ2v) is 13.1. The van der Waals surface area contributed by atoms with Crippen LogP contribution in [0.25, 0.3) is 22.1 Å². The molecule has 2 unspecified atom stereocenters. The molecule has 5 aliphatic rings. The average molecular weight is 519 g/mol. The van der Waals surface area contributed by atoms with E-state index in [1.807, 2.05) is 6.26 Å². The number of anilines is 2. The molecule has 39 heavy (non-hydrogen) atoms. The molecule has 0 amide bonds. The molecule has 8 rings (SSSR count). The number of aryl methyl sites for hydroxylation is 1. The summed E-state index contributed by atoms with van der Waals surface area (Å²) in [6, 6.07) is 12.0. The lowest BCUT2D eigenvalue weighted by molar-refractivity contribution is 0.291. The van der Waals surface area contributed by atoms with E-state index in [1.54, 1.807) is 5.56 Å². The van der Waals surface area contributed by atoms with Crippen molar-refractivity contribution < 1.29 is 4.42 Å². The van der Waals surface area contributed by atoms with Gasteiger partial charge in [0.15, 0.2) is 0 Å². The van der Waals surface area contributed by atoms with Crippen LogP contribution in [0.2, 0.25) is 0 Å². The first kappa shape index (κ1) is 23.6. The molecule has 1 aliphatic carbocycles. The predicted octanol–water partition coefficient (Wildman–Crippen LogP) is 7.38. The molecule has 1 aromatic heterocycles. The fourth-order valence-electron chi connectivity index (χ4n) is 7.88. The van der Waals surface area contributed by atoms with Crippen LogP contribution in [0.4, 0.5) is 11.4 Å². The average Bonchev–Trinajstić information content (AvgIpc) is 3.64. The van der Waals surface area contributed by atoms with Crippen LogP contribution in [0.1, 0.15) is 75.6 Å². The van der Waals surface area contributed by atoms with Crippen molar-refractivity contribution in [1.82, 2.24) is 10.2 Å². The van der Waals surface area contributed by atoms with Gasteiger partial charge in [-0.15, -0.1) is 0 Å². The highest BCUT2D eigenvalue weighted by molar-refractivity contribution is 6.26. The Kier molecular flexibility index (Phi) is 5.04. The SMILES string of the molecule is CC(C)C1CN2C=C(N3c4ccc5c(c4C4=C(C=NCC4)c4ccc6occc6c43)C(C)(C)CC5)CCC2N1. The molecule has 1 N–H and O–H groups in total. The van der Waals surface area contributed by atoms with Gasteiger partial charge in [0.2, 0.25) is 0 Å². The molecule has 2 aromatic carbocycles. The van der Waals surface area contributed by atoms with Crippen molar-refractivity contribution in [3.8, 4) is 0 Å².